The molecule has 98 valence electrons. The quantitative estimate of drug-likeness (QED) is 0.727. The maximum atomic E-state index is 4.30. The highest BCUT2D eigenvalue weighted by Gasteiger charge is 1.99. The molecule has 0 saturated heterocycles. The molecule has 3 aromatic heterocycles. The number of nitrogens with one attached hydrogen (secondary N) is 1. The lowest BCUT2D eigenvalue weighted by Crippen LogP contribution is -1.98. The molecule has 0 aliphatic carbocycles. The maximum absolute atomic E-state index is 4.30. The summed E-state index contributed by atoms with van der Waals surface area (Å²) in [5.74, 6) is 2.84. The highest BCUT2D eigenvalue weighted by atomic mass is 15.1. The SMILES string of the molecule is Cc1ccc(-n2ccnc2C)nc1.Cc1ncc[nH]1. The first-order valence-corrected chi connectivity index (χ1v) is 6.06. The molecule has 0 saturated carbocycles. The van der Waals surface area contributed by atoms with Crippen molar-refractivity contribution in [2.24, 2.45) is 0 Å². The number of H-pyrrole nitrogens is 1. The molecule has 0 bridgehead atoms. The van der Waals surface area contributed by atoms with Crippen LogP contribution in [0, 0.1) is 20.8 Å². The molecule has 3 heterocycles. The van der Waals surface area contributed by atoms with E-state index < -0.39 is 0 Å². The monoisotopic (exact) mass is 255 g/mol. The van der Waals surface area contributed by atoms with E-state index in [0.717, 1.165) is 17.5 Å². The molecule has 0 unspecified atom stereocenters. The Morgan fingerprint density at radius 2 is 1.84 bits per heavy atom. The van der Waals surface area contributed by atoms with Gasteiger partial charge in [-0.1, -0.05) is 6.07 Å². The van der Waals surface area contributed by atoms with Gasteiger partial charge in [0, 0.05) is 31.0 Å². The molecule has 5 nitrogen and oxygen atoms in total. The van der Waals surface area contributed by atoms with Gasteiger partial charge in [0.25, 0.3) is 0 Å². The summed E-state index contributed by atoms with van der Waals surface area (Å²) in [6.45, 7) is 5.90. The smallest absolute Gasteiger partial charge is 0.137 e. The van der Waals surface area contributed by atoms with Crippen molar-refractivity contribution in [3.05, 3.63) is 60.3 Å². The van der Waals surface area contributed by atoms with E-state index in [0.29, 0.717) is 0 Å². The van der Waals surface area contributed by atoms with E-state index in [1.165, 1.54) is 5.56 Å². The molecule has 1 N–H and O–H groups in total. The van der Waals surface area contributed by atoms with Gasteiger partial charge in [-0.05, 0) is 32.4 Å². The van der Waals surface area contributed by atoms with Crippen molar-refractivity contribution in [3.63, 3.8) is 0 Å². The Bertz CT molecular complexity index is 608. The Morgan fingerprint density at radius 3 is 2.26 bits per heavy atom. The molecule has 0 atom stereocenters. The summed E-state index contributed by atoms with van der Waals surface area (Å²) in [7, 11) is 0. The van der Waals surface area contributed by atoms with E-state index in [-0.39, 0.29) is 0 Å². The molecule has 0 aliphatic heterocycles. The fraction of sp³-hybridized carbons (Fsp3) is 0.214. The fourth-order valence-corrected chi connectivity index (χ4v) is 1.57. The van der Waals surface area contributed by atoms with E-state index in [1.807, 2.05) is 49.9 Å². The number of aryl methyl sites for hydroxylation is 3. The van der Waals surface area contributed by atoms with Gasteiger partial charge in [0.2, 0.25) is 0 Å². The molecule has 0 aliphatic rings. The lowest BCUT2D eigenvalue weighted by atomic mass is 10.3. The summed E-state index contributed by atoms with van der Waals surface area (Å²) >= 11 is 0. The van der Waals surface area contributed by atoms with Crippen molar-refractivity contribution in [1.82, 2.24) is 24.5 Å². The van der Waals surface area contributed by atoms with Crippen molar-refractivity contribution in [2.75, 3.05) is 0 Å². The zero-order valence-electron chi connectivity index (χ0n) is 11.3. The third-order valence-electron chi connectivity index (χ3n) is 2.60. The topological polar surface area (TPSA) is 59.4 Å². The maximum Gasteiger partial charge on any atom is 0.137 e. The van der Waals surface area contributed by atoms with Crippen molar-refractivity contribution in [3.8, 4) is 5.82 Å². The molecule has 3 aromatic rings. The van der Waals surface area contributed by atoms with E-state index in [9.17, 15) is 0 Å². The second-order valence-electron chi connectivity index (χ2n) is 4.21. The second kappa shape index (κ2) is 5.95. The largest absolute Gasteiger partial charge is 0.349 e. The summed E-state index contributed by atoms with van der Waals surface area (Å²) < 4.78 is 1.96. The van der Waals surface area contributed by atoms with Crippen LogP contribution in [0.3, 0.4) is 0 Å². The number of rotatable bonds is 1. The summed E-state index contributed by atoms with van der Waals surface area (Å²) in [4.78, 5) is 15.2. The van der Waals surface area contributed by atoms with Crippen LogP contribution < -0.4 is 0 Å². The first kappa shape index (κ1) is 13.0. The number of pyridine rings is 1. The highest BCUT2D eigenvalue weighted by molar-refractivity contribution is 5.26. The molecule has 0 radical (unpaired) electrons. The van der Waals surface area contributed by atoms with Crippen LogP contribution in [0.25, 0.3) is 5.82 Å². The molecular weight excluding hydrogens is 238 g/mol. The third kappa shape index (κ3) is 3.51. The predicted octanol–water partition coefficient (Wildman–Crippen LogP) is 2.60. The van der Waals surface area contributed by atoms with E-state index >= 15 is 0 Å². The van der Waals surface area contributed by atoms with Crippen molar-refractivity contribution < 1.29 is 0 Å². The lowest BCUT2D eigenvalue weighted by Gasteiger charge is -2.02. The van der Waals surface area contributed by atoms with Crippen LogP contribution in [-0.4, -0.2) is 24.5 Å². The van der Waals surface area contributed by atoms with Crippen molar-refractivity contribution in [1.29, 1.82) is 0 Å². The average Bonchev–Trinajstić information content (AvgIpc) is 3.03. The number of hydrogen-bond acceptors (Lipinski definition) is 3. The first-order valence-electron chi connectivity index (χ1n) is 6.06. The van der Waals surface area contributed by atoms with Crippen LogP contribution in [-0.2, 0) is 0 Å². The van der Waals surface area contributed by atoms with Gasteiger partial charge >= 0.3 is 0 Å². The number of imidazole rings is 2. The Balaban J connectivity index is 0.000000186. The molecule has 3 rings (SSSR count). The zero-order valence-corrected chi connectivity index (χ0v) is 11.3. The summed E-state index contributed by atoms with van der Waals surface area (Å²) in [6, 6.07) is 4.03. The van der Waals surface area contributed by atoms with Gasteiger partial charge in [0.15, 0.2) is 0 Å². The molecule has 0 spiro atoms. The Morgan fingerprint density at radius 1 is 1.00 bits per heavy atom. The fourth-order valence-electron chi connectivity index (χ4n) is 1.57. The van der Waals surface area contributed by atoms with Gasteiger partial charge in [-0.2, -0.15) is 0 Å². The van der Waals surface area contributed by atoms with Crippen molar-refractivity contribution in [2.45, 2.75) is 20.8 Å². The first-order chi connectivity index (χ1) is 9.16. The zero-order chi connectivity index (χ0) is 13.7. The van der Waals surface area contributed by atoms with E-state index in [4.69, 9.17) is 0 Å². The van der Waals surface area contributed by atoms with Crippen LogP contribution in [0.5, 0.6) is 0 Å². The van der Waals surface area contributed by atoms with Gasteiger partial charge in [-0.15, -0.1) is 0 Å². The molecule has 19 heavy (non-hydrogen) atoms. The third-order valence-corrected chi connectivity index (χ3v) is 2.60. The normalized spacial score (nSPS) is 9.84. The lowest BCUT2D eigenvalue weighted by molar-refractivity contribution is 0.930. The minimum absolute atomic E-state index is 0.917. The highest BCUT2D eigenvalue weighted by Crippen LogP contribution is 2.07. The minimum atomic E-state index is 0.917. The Hall–Kier alpha value is -2.43. The van der Waals surface area contributed by atoms with Gasteiger partial charge in [0.1, 0.15) is 17.5 Å². The summed E-state index contributed by atoms with van der Waals surface area (Å²) in [5, 5.41) is 0. The van der Waals surface area contributed by atoms with Gasteiger partial charge in [-0.25, -0.2) is 15.0 Å². The summed E-state index contributed by atoms with van der Waals surface area (Å²) in [6.07, 6.45) is 9.07. The predicted molar refractivity (Wildman–Crippen MR) is 74.2 cm³/mol. The van der Waals surface area contributed by atoms with E-state index in [2.05, 4.69) is 19.9 Å². The number of aromatic amines is 1. The molecule has 0 aromatic carbocycles. The Labute approximate surface area is 112 Å². The number of hydrogen-bond donors (Lipinski definition) is 1. The molecule has 5 heteroatoms. The second-order valence-corrected chi connectivity index (χ2v) is 4.21. The van der Waals surface area contributed by atoms with Gasteiger partial charge in [0.05, 0.1) is 0 Å². The van der Waals surface area contributed by atoms with Crippen LogP contribution in [0.1, 0.15) is 17.2 Å². The van der Waals surface area contributed by atoms with Crippen molar-refractivity contribution >= 4 is 0 Å². The summed E-state index contributed by atoms with van der Waals surface area (Å²) in [5.41, 5.74) is 1.17. The average molecular weight is 255 g/mol. The molecule has 0 fully saturated rings. The van der Waals surface area contributed by atoms with Crippen LogP contribution in [0.4, 0.5) is 0 Å². The molecular formula is C14H17N5. The van der Waals surface area contributed by atoms with Crippen LogP contribution in [0.2, 0.25) is 0 Å². The van der Waals surface area contributed by atoms with E-state index in [1.54, 1.807) is 18.6 Å². The standard InChI is InChI=1S/C10H11N3.C4H6N2/c1-8-3-4-10(12-7-8)13-6-5-11-9(13)2;1-4-5-2-3-6-4/h3-7H,1-2H3;2-3H,1H3,(H,5,6). The molecule has 0 amide bonds. The Kier molecular flexibility index (Phi) is 4.07. The number of nitrogens with zero attached hydrogens (tertiary/aromatic N) is 4. The van der Waals surface area contributed by atoms with Gasteiger partial charge < -0.3 is 4.98 Å². The minimum Gasteiger partial charge on any atom is -0.349 e. The van der Waals surface area contributed by atoms with Gasteiger partial charge in [-0.3, -0.25) is 4.57 Å². The van der Waals surface area contributed by atoms with Crippen LogP contribution in [0.15, 0.2) is 43.1 Å². The number of aromatic nitrogens is 5. The van der Waals surface area contributed by atoms with Crippen LogP contribution >= 0.6 is 0 Å².